The number of carbonyl (C=O) groups excluding carboxylic acids is 1. The van der Waals surface area contributed by atoms with Gasteiger partial charge in [0.05, 0.1) is 17.9 Å². The third kappa shape index (κ3) is 4.09. The Labute approximate surface area is 209 Å². The lowest BCUT2D eigenvalue weighted by atomic mass is 10.1. The number of ketones is 1. The van der Waals surface area contributed by atoms with Crippen LogP contribution in [0.1, 0.15) is 21.7 Å². The van der Waals surface area contributed by atoms with Gasteiger partial charge in [-0.15, -0.1) is 0 Å². The number of H-pyrrole nitrogens is 2. The van der Waals surface area contributed by atoms with Crippen LogP contribution in [0, 0.1) is 0 Å². The number of hydrogen-bond donors (Lipinski definition) is 2. The average Bonchev–Trinajstić information content (AvgIpc) is 3.60. The molecule has 0 fully saturated rings. The first-order valence-corrected chi connectivity index (χ1v) is 12.0. The molecule has 3 aromatic heterocycles. The van der Waals surface area contributed by atoms with Crippen molar-refractivity contribution in [3.8, 4) is 11.3 Å². The van der Waals surface area contributed by atoms with Gasteiger partial charge in [0.25, 0.3) is 0 Å². The molecule has 0 spiro atoms. The van der Waals surface area contributed by atoms with Crippen LogP contribution in [0.3, 0.4) is 0 Å². The molecule has 0 aliphatic rings. The van der Waals surface area contributed by atoms with Crippen molar-refractivity contribution in [2.75, 3.05) is 0 Å². The van der Waals surface area contributed by atoms with Crippen LogP contribution >= 0.6 is 15.9 Å². The molecule has 0 unspecified atom stereocenters. The van der Waals surface area contributed by atoms with Crippen LogP contribution in [0.15, 0.2) is 95.9 Å². The molecule has 0 radical (unpaired) electrons. The van der Waals surface area contributed by atoms with Crippen molar-refractivity contribution >= 4 is 43.5 Å². The highest BCUT2D eigenvalue weighted by Gasteiger charge is 2.22. The van der Waals surface area contributed by atoms with E-state index in [0.29, 0.717) is 23.7 Å². The fourth-order valence-electron chi connectivity index (χ4n) is 4.35. The summed E-state index contributed by atoms with van der Waals surface area (Å²) in [6.07, 6.45) is 5.56. The van der Waals surface area contributed by atoms with E-state index >= 15 is 0 Å². The molecular formula is C28H21BrN4O2. The van der Waals surface area contributed by atoms with Crippen LogP contribution in [-0.4, -0.2) is 25.3 Å². The van der Waals surface area contributed by atoms with Gasteiger partial charge in [-0.3, -0.25) is 4.79 Å². The fraction of sp³-hybridized carbons (Fsp3) is 0.0714. The highest BCUT2D eigenvalue weighted by molar-refractivity contribution is 9.10. The van der Waals surface area contributed by atoms with Gasteiger partial charge in [0.1, 0.15) is 6.73 Å². The Hall–Kier alpha value is -3.94. The summed E-state index contributed by atoms with van der Waals surface area (Å²) in [5.74, 6) is 0.184. The third-order valence-corrected chi connectivity index (χ3v) is 6.57. The SMILES string of the molecule is O=C(c1c[nH]c2ccccc12)c1nc(-c2c[nH]c3cc(Br)ccc23)cn1COCc1ccccc1. The first-order chi connectivity index (χ1) is 17.2. The maximum absolute atomic E-state index is 13.7. The Morgan fingerprint density at radius 3 is 2.60 bits per heavy atom. The van der Waals surface area contributed by atoms with Crippen LogP contribution in [0.25, 0.3) is 33.1 Å². The first kappa shape index (κ1) is 21.6. The highest BCUT2D eigenvalue weighted by atomic mass is 79.9. The number of ether oxygens (including phenoxy) is 1. The summed E-state index contributed by atoms with van der Waals surface area (Å²) in [5.41, 5.74) is 5.21. The van der Waals surface area contributed by atoms with Crippen molar-refractivity contribution in [1.29, 1.82) is 0 Å². The number of rotatable bonds is 7. The van der Waals surface area contributed by atoms with Gasteiger partial charge in [0.2, 0.25) is 5.78 Å². The van der Waals surface area contributed by atoms with Gasteiger partial charge in [0, 0.05) is 50.4 Å². The molecule has 0 bridgehead atoms. The Kier molecular flexibility index (Phi) is 5.56. The van der Waals surface area contributed by atoms with Gasteiger partial charge < -0.3 is 19.3 Å². The zero-order valence-corrected chi connectivity index (χ0v) is 20.2. The molecular weight excluding hydrogens is 504 g/mol. The molecule has 6 rings (SSSR count). The zero-order valence-electron chi connectivity index (χ0n) is 18.7. The number of aromatic amines is 2. The first-order valence-electron chi connectivity index (χ1n) is 11.2. The lowest BCUT2D eigenvalue weighted by Crippen LogP contribution is -2.12. The molecule has 0 saturated heterocycles. The minimum absolute atomic E-state index is 0.153. The predicted octanol–water partition coefficient (Wildman–Crippen LogP) is 6.68. The lowest BCUT2D eigenvalue weighted by Gasteiger charge is -2.08. The number of hydrogen-bond acceptors (Lipinski definition) is 3. The predicted molar refractivity (Wildman–Crippen MR) is 140 cm³/mol. The van der Waals surface area contributed by atoms with Crippen molar-refractivity contribution in [1.82, 2.24) is 19.5 Å². The second kappa shape index (κ2) is 9.02. The Balaban J connectivity index is 1.39. The van der Waals surface area contributed by atoms with E-state index in [9.17, 15) is 4.79 Å². The zero-order chi connectivity index (χ0) is 23.8. The molecule has 172 valence electrons. The van der Waals surface area contributed by atoms with Gasteiger partial charge in [0.15, 0.2) is 5.82 Å². The normalized spacial score (nSPS) is 11.5. The molecule has 0 aliphatic carbocycles. The minimum Gasteiger partial charge on any atom is -0.360 e. The van der Waals surface area contributed by atoms with Crippen LogP contribution < -0.4 is 0 Å². The van der Waals surface area contributed by atoms with Crippen LogP contribution in [-0.2, 0) is 18.1 Å². The van der Waals surface area contributed by atoms with E-state index in [-0.39, 0.29) is 12.5 Å². The van der Waals surface area contributed by atoms with Gasteiger partial charge in [-0.2, -0.15) is 0 Å². The molecule has 7 heteroatoms. The summed E-state index contributed by atoms with van der Waals surface area (Å²) in [6.45, 7) is 0.648. The van der Waals surface area contributed by atoms with Crippen LogP contribution in [0.2, 0.25) is 0 Å². The topological polar surface area (TPSA) is 75.7 Å². The van der Waals surface area contributed by atoms with Gasteiger partial charge in [-0.05, 0) is 23.8 Å². The molecule has 6 nitrogen and oxygen atoms in total. The Morgan fingerprint density at radius 1 is 0.914 bits per heavy atom. The molecule has 0 atom stereocenters. The molecule has 2 N–H and O–H groups in total. The van der Waals surface area contributed by atoms with E-state index in [1.165, 1.54) is 0 Å². The largest absolute Gasteiger partial charge is 0.360 e. The number of para-hydroxylation sites is 1. The monoisotopic (exact) mass is 524 g/mol. The number of aromatic nitrogens is 4. The Bertz CT molecular complexity index is 1660. The maximum atomic E-state index is 13.7. The van der Waals surface area contributed by atoms with Crippen molar-refractivity contribution in [3.05, 3.63) is 113 Å². The van der Waals surface area contributed by atoms with Gasteiger partial charge in [-0.1, -0.05) is 70.5 Å². The number of benzene rings is 3. The summed E-state index contributed by atoms with van der Waals surface area (Å²) >= 11 is 3.52. The molecule has 35 heavy (non-hydrogen) atoms. The Morgan fingerprint density at radius 2 is 1.71 bits per heavy atom. The van der Waals surface area contributed by atoms with E-state index in [1.807, 2.05) is 85.2 Å². The molecule has 0 aliphatic heterocycles. The molecule has 3 heterocycles. The van der Waals surface area contributed by atoms with Gasteiger partial charge >= 0.3 is 0 Å². The number of carbonyl (C=O) groups is 1. The number of halogens is 1. The molecule has 3 aromatic carbocycles. The fourth-order valence-corrected chi connectivity index (χ4v) is 4.71. The lowest BCUT2D eigenvalue weighted by molar-refractivity contribution is 0.0611. The van der Waals surface area contributed by atoms with E-state index in [2.05, 4.69) is 25.9 Å². The van der Waals surface area contributed by atoms with Crippen LogP contribution in [0.5, 0.6) is 0 Å². The molecule has 6 aromatic rings. The minimum atomic E-state index is -0.153. The van der Waals surface area contributed by atoms with Gasteiger partial charge in [-0.25, -0.2) is 4.98 Å². The number of fused-ring (bicyclic) bond motifs is 2. The van der Waals surface area contributed by atoms with E-state index in [1.54, 1.807) is 10.8 Å². The number of nitrogens with one attached hydrogen (secondary N) is 2. The standard InChI is InChI=1S/C28H21BrN4O2/c29-19-10-11-21-22(13-31-25(21)12-19)26-15-33(17-35-16-18-6-2-1-3-7-18)28(32-26)27(34)23-14-30-24-9-5-4-8-20(23)24/h1-15,30-31H,16-17H2. The average molecular weight is 525 g/mol. The van der Waals surface area contributed by atoms with Crippen molar-refractivity contribution in [2.24, 2.45) is 0 Å². The number of imidazole rings is 1. The van der Waals surface area contributed by atoms with Crippen molar-refractivity contribution in [2.45, 2.75) is 13.3 Å². The van der Waals surface area contributed by atoms with Crippen molar-refractivity contribution < 1.29 is 9.53 Å². The summed E-state index contributed by atoms with van der Waals surface area (Å²) in [6, 6.07) is 23.8. The molecule has 0 saturated carbocycles. The summed E-state index contributed by atoms with van der Waals surface area (Å²) in [7, 11) is 0. The van der Waals surface area contributed by atoms with E-state index in [0.717, 1.165) is 37.4 Å². The highest BCUT2D eigenvalue weighted by Crippen LogP contribution is 2.31. The second-order valence-electron chi connectivity index (χ2n) is 8.35. The van der Waals surface area contributed by atoms with Crippen LogP contribution in [0.4, 0.5) is 0 Å². The third-order valence-electron chi connectivity index (χ3n) is 6.08. The van der Waals surface area contributed by atoms with E-state index < -0.39 is 0 Å². The maximum Gasteiger partial charge on any atom is 0.230 e. The smallest absolute Gasteiger partial charge is 0.230 e. The van der Waals surface area contributed by atoms with E-state index in [4.69, 9.17) is 9.72 Å². The summed E-state index contributed by atoms with van der Waals surface area (Å²) in [5, 5.41) is 1.91. The summed E-state index contributed by atoms with van der Waals surface area (Å²) in [4.78, 5) is 25.0. The number of nitrogens with zero attached hydrogens (tertiary/aromatic N) is 2. The summed E-state index contributed by atoms with van der Waals surface area (Å²) < 4.78 is 8.77. The van der Waals surface area contributed by atoms with Crippen molar-refractivity contribution in [3.63, 3.8) is 0 Å². The second-order valence-corrected chi connectivity index (χ2v) is 9.27. The molecule has 0 amide bonds. The quantitative estimate of drug-likeness (QED) is 0.228.